The topological polar surface area (TPSA) is 44.5 Å². The van der Waals surface area contributed by atoms with Gasteiger partial charge in [-0.05, 0) is 65.6 Å². The molecule has 0 bridgehead atoms. The van der Waals surface area contributed by atoms with Crippen molar-refractivity contribution in [3.8, 4) is 0 Å². The van der Waals surface area contributed by atoms with Crippen molar-refractivity contribution in [3.63, 3.8) is 0 Å². The number of aromatic nitrogens is 2. The zero-order chi connectivity index (χ0) is 20.6. The first-order chi connectivity index (χ1) is 13.9. The SMILES string of the molecule is Cc1nn(C(C)C)c(C)c1CN1CC[C@](O)(c2ccccc2)[C@H](N2CCCC2)C1. The van der Waals surface area contributed by atoms with Crippen molar-refractivity contribution in [2.75, 3.05) is 26.2 Å². The Balaban J connectivity index is 1.58. The lowest BCUT2D eigenvalue weighted by Crippen LogP contribution is -2.60. The van der Waals surface area contributed by atoms with E-state index < -0.39 is 5.60 Å². The summed E-state index contributed by atoms with van der Waals surface area (Å²) in [5, 5.41) is 16.6. The van der Waals surface area contributed by atoms with Crippen LogP contribution in [0, 0.1) is 13.8 Å². The van der Waals surface area contributed by atoms with Crippen molar-refractivity contribution < 1.29 is 5.11 Å². The molecule has 4 rings (SSSR count). The summed E-state index contributed by atoms with van der Waals surface area (Å²) in [5.41, 5.74) is 4.06. The predicted octanol–water partition coefficient (Wildman–Crippen LogP) is 3.64. The third-order valence-corrected chi connectivity index (χ3v) is 6.99. The molecule has 5 nitrogen and oxygen atoms in total. The Bertz CT molecular complexity index is 825. The molecule has 158 valence electrons. The summed E-state index contributed by atoms with van der Waals surface area (Å²) in [6.45, 7) is 13.6. The molecule has 2 aliphatic heterocycles. The van der Waals surface area contributed by atoms with E-state index in [9.17, 15) is 5.11 Å². The minimum atomic E-state index is -0.770. The van der Waals surface area contributed by atoms with Gasteiger partial charge in [0.05, 0.1) is 11.7 Å². The van der Waals surface area contributed by atoms with E-state index in [0.717, 1.165) is 50.4 Å². The number of benzene rings is 1. The molecule has 1 N–H and O–H groups in total. The summed E-state index contributed by atoms with van der Waals surface area (Å²) in [5.74, 6) is 0. The number of hydrogen-bond donors (Lipinski definition) is 1. The molecular weight excluding hydrogens is 360 g/mol. The Morgan fingerprint density at radius 1 is 1.10 bits per heavy atom. The standard InChI is InChI=1S/C24H36N4O/c1-18(2)28-20(4)22(19(3)25-28)16-26-15-12-24(29,21-10-6-5-7-11-21)23(17-26)27-13-8-9-14-27/h5-7,10-11,18,23,29H,8-9,12-17H2,1-4H3/t23-,24+/m1/s1. The average Bonchev–Trinajstić information content (AvgIpc) is 3.34. The van der Waals surface area contributed by atoms with Crippen LogP contribution in [0.1, 0.15) is 61.7 Å². The van der Waals surface area contributed by atoms with Crippen LogP contribution in [-0.2, 0) is 12.1 Å². The van der Waals surface area contributed by atoms with E-state index in [2.05, 4.69) is 54.3 Å². The fraction of sp³-hybridized carbons (Fsp3) is 0.625. The first-order valence-corrected chi connectivity index (χ1v) is 11.2. The highest BCUT2D eigenvalue weighted by molar-refractivity contribution is 5.28. The zero-order valence-electron chi connectivity index (χ0n) is 18.4. The number of aryl methyl sites for hydroxylation is 1. The van der Waals surface area contributed by atoms with Crippen molar-refractivity contribution in [2.24, 2.45) is 0 Å². The van der Waals surface area contributed by atoms with Gasteiger partial charge in [0.25, 0.3) is 0 Å². The number of nitrogens with zero attached hydrogens (tertiary/aromatic N) is 4. The molecule has 0 unspecified atom stereocenters. The molecule has 1 aromatic carbocycles. The molecule has 2 aliphatic rings. The lowest BCUT2D eigenvalue weighted by molar-refractivity contribution is -0.0959. The van der Waals surface area contributed by atoms with E-state index in [-0.39, 0.29) is 6.04 Å². The van der Waals surface area contributed by atoms with Gasteiger partial charge in [0.1, 0.15) is 5.60 Å². The fourth-order valence-electron chi connectivity index (χ4n) is 5.31. The number of piperidine rings is 1. The van der Waals surface area contributed by atoms with Crippen LogP contribution in [0.3, 0.4) is 0 Å². The highest BCUT2D eigenvalue weighted by Crippen LogP contribution is 2.38. The van der Waals surface area contributed by atoms with Crippen LogP contribution < -0.4 is 0 Å². The van der Waals surface area contributed by atoms with E-state index in [4.69, 9.17) is 5.10 Å². The molecule has 0 saturated carbocycles. The van der Waals surface area contributed by atoms with Gasteiger partial charge in [0, 0.05) is 36.9 Å². The number of aliphatic hydroxyl groups is 1. The Kier molecular flexibility index (Phi) is 5.83. The summed E-state index contributed by atoms with van der Waals surface area (Å²) < 4.78 is 2.15. The maximum Gasteiger partial charge on any atom is 0.108 e. The van der Waals surface area contributed by atoms with Crippen LogP contribution in [0.15, 0.2) is 30.3 Å². The van der Waals surface area contributed by atoms with E-state index in [1.807, 2.05) is 18.2 Å². The molecule has 2 aromatic rings. The third kappa shape index (κ3) is 3.88. The Hall–Kier alpha value is -1.69. The second kappa shape index (κ2) is 8.21. The first kappa shape index (κ1) is 20.6. The fourth-order valence-corrected chi connectivity index (χ4v) is 5.31. The summed E-state index contributed by atoms with van der Waals surface area (Å²) in [6, 6.07) is 10.8. The second-order valence-corrected chi connectivity index (χ2v) is 9.22. The van der Waals surface area contributed by atoms with E-state index >= 15 is 0 Å². The van der Waals surface area contributed by atoms with Gasteiger partial charge in [0.2, 0.25) is 0 Å². The molecular formula is C24H36N4O. The summed E-state index contributed by atoms with van der Waals surface area (Å²) >= 11 is 0. The van der Waals surface area contributed by atoms with Crippen LogP contribution in [0.4, 0.5) is 0 Å². The Morgan fingerprint density at radius 2 is 1.79 bits per heavy atom. The summed E-state index contributed by atoms with van der Waals surface area (Å²) in [4.78, 5) is 5.05. The van der Waals surface area contributed by atoms with Crippen molar-refractivity contribution >= 4 is 0 Å². The van der Waals surface area contributed by atoms with Gasteiger partial charge in [-0.2, -0.15) is 5.10 Å². The molecule has 0 aliphatic carbocycles. The van der Waals surface area contributed by atoms with E-state index in [1.54, 1.807) is 0 Å². The molecule has 1 aromatic heterocycles. The van der Waals surface area contributed by atoms with Crippen LogP contribution in [0.25, 0.3) is 0 Å². The zero-order valence-corrected chi connectivity index (χ0v) is 18.4. The molecule has 2 fully saturated rings. The van der Waals surface area contributed by atoms with Gasteiger partial charge in [0.15, 0.2) is 0 Å². The monoisotopic (exact) mass is 396 g/mol. The van der Waals surface area contributed by atoms with Gasteiger partial charge in [-0.3, -0.25) is 14.5 Å². The quantitative estimate of drug-likeness (QED) is 0.838. The lowest BCUT2D eigenvalue weighted by atomic mass is 9.79. The number of hydrogen-bond acceptors (Lipinski definition) is 4. The lowest BCUT2D eigenvalue weighted by Gasteiger charge is -2.48. The maximum atomic E-state index is 11.8. The normalized spacial score (nSPS) is 26.5. The largest absolute Gasteiger partial charge is 0.383 e. The summed E-state index contributed by atoms with van der Waals surface area (Å²) in [7, 11) is 0. The Morgan fingerprint density at radius 3 is 2.41 bits per heavy atom. The molecule has 5 heteroatoms. The highest BCUT2D eigenvalue weighted by atomic mass is 16.3. The molecule has 2 saturated heterocycles. The molecule has 0 radical (unpaired) electrons. The van der Waals surface area contributed by atoms with Gasteiger partial charge >= 0.3 is 0 Å². The van der Waals surface area contributed by atoms with Crippen molar-refractivity contribution in [1.29, 1.82) is 0 Å². The molecule has 2 atom stereocenters. The van der Waals surface area contributed by atoms with Crippen LogP contribution in [-0.4, -0.2) is 56.9 Å². The maximum absolute atomic E-state index is 11.8. The van der Waals surface area contributed by atoms with Crippen molar-refractivity contribution in [1.82, 2.24) is 19.6 Å². The smallest absolute Gasteiger partial charge is 0.108 e. The van der Waals surface area contributed by atoms with Crippen LogP contribution >= 0.6 is 0 Å². The minimum absolute atomic E-state index is 0.141. The van der Waals surface area contributed by atoms with Gasteiger partial charge in [-0.1, -0.05) is 30.3 Å². The van der Waals surface area contributed by atoms with Crippen molar-refractivity contribution in [3.05, 3.63) is 52.8 Å². The molecule has 0 amide bonds. The highest BCUT2D eigenvalue weighted by Gasteiger charge is 2.46. The van der Waals surface area contributed by atoms with Crippen LogP contribution in [0.2, 0.25) is 0 Å². The first-order valence-electron chi connectivity index (χ1n) is 11.2. The van der Waals surface area contributed by atoms with Crippen LogP contribution in [0.5, 0.6) is 0 Å². The van der Waals surface area contributed by atoms with Gasteiger partial charge < -0.3 is 5.11 Å². The average molecular weight is 397 g/mol. The third-order valence-electron chi connectivity index (χ3n) is 6.99. The molecule has 29 heavy (non-hydrogen) atoms. The summed E-state index contributed by atoms with van der Waals surface area (Å²) in [6.07, 6.45) is 3.25. The van der Waals surface area contributed by atoms with E-state index in [1.165, 1.54) is 24.1 Å². The number of likely N-dealkylation sites (tertiary alicyclic amines) is 2. The predicted molar refractivity (Wildman–Crippen MR) is 117 cm³/mol. The van der Waals surface area contributed by atoms with Gasteiger partial charge in [-0.15, -0.1) is 0 Å². The second-order valence-electron chi connectivity index (χ2n) is 9.22. The molecule has 0 spiro atoms. The minimum Gasteiger partial charge on any atom is -0.383 e. The van der Waals surface area contributed by atoms with E-state index in [0.29, 0.717) is 6.04 Å². The Labute approximate surface area is 175 Å². The number of rotatable bonds is 5. The molecule has 3 heterocycles. The van der Waals surface area contributed by atoms with Crippen molar-refractivity contribution in [2.45, 2.75) is 71.2 Å². The van der Waals surface area contributed by atoms with Gasteiger partial charge in [-0.25, -0.2) is 0 Å².